The highest BCUT2D eigenvalue weighted by Gasteiger charge is 2.11. The van der Waals surface area contributed by atoms with Crippen molar-refractivity contribution in [2.24, 2.45) is 0 Å². The zero-order valence-electron chi connectivity index (χ0n) is 10.4. The number of nitrogens with one attached hydrogen (secondary N) is 1. The molecule has 0 saturated heterocycles. The SMILES string of the molecule is CCNC(C)c1cc(F)ccc1SCCCO. The molecular formula is C13H20FNOS. The third-order valence-electron chi connectivity index (χ3n) is 2.51. The van der Waals surface area contributed by atoms with Crippen LogP contribution in [0.1, 0.15) is 31.9 Å². The van der Waals surface area contributed by atoms with Crippen LogP contribution in [0.3, 0.4) is 0 Å². The molecule has 0 spiro atoms. The monoisotopic (exact) mass is 257 g/mol. The molecule has 1 aromatic carbocycles. The third kappa shape index (κ3) is 4.66. The van der Waals surface area contributed by atoms with Crippen molar-refractivity contribution in [1.82, 2.24) is 5.32 Å². The van der Waals surface area contributed by atoms with Gasteiger partial charge < -0.3 is 10.4 Å². The van der Waals surface area contributed by atoms with E-state index in [1.54, 1.807) is 17.8 Å². The molecule has 0 radical (unpaired) electrons. The van der Waals surface area contributed by atoms with Crippen LogP contribution in [0.25, 0.3) is 0 Å². The van der Waals surface area contributed by atoms with Crippen LogP contribution in [0, 0.1) is 5.82 Å². The molecule has 2 nitrogen and oxygen atoms in total. The number of aliphatic hydroxyl groups is 1. The maximum Gasteiger partial charge on any atom is 0.123 e. The predicted molar refractivity (Wildman–Crippen MR) is 70.9 cm³/mol. The summed E-state index contributed by atoms with van der Waals surface area (Å²) in [6, 6.07) is 5.05. The maximum atomic E-state index is 13.3. The van der Waals surface area contributed by atoms with E-state index in [1.807, 2.05) is 19.9 Å². The maximum absolute atomic E-state index is 13.3. The first-order chi connectivity index (χ1) is 8.19. The average molecular weight is 257 g/mol. The molecule has 1 rings (SSSR count). The van der Waals surface area contributed by atoms with Gasteiger partial charge in [-0.1, -0.05) is 6.92 Å². The zero-order valence-corrected chi connectivity index (χ0v) is 11.2. The van der Waals surface area contributed by atoms with Crippen LogP contribution in [0.2, 0.25) is 0 Å². The summed E-state index contributed by atoms with van der Waals surface area (Å²) in [7, 11) is 0. The molecule has 0 aliphatic rings. The van der Waals surface area contributed by atoms with Gasteiger partial charge in [0.15, 0.2) is 0 Å². The van der Waals surface area contributed by atoms with E-state index in [4.69, 9.17) is 5.11 Å². The lowest BCUT2D eigenvalue weighted by Crippen LogP contribution is -2.18. The lowest BCUT2D eigenvalue weighted by Gasteiger charge is -2.17. The molecule has 4 heteroatoms. The van der Waals surface area contributed by atoms with Crippen molar-refractivity contribution in [3.63, 3.8) is 0 Å². The smallest absolute Gasteiger partial charge is 0.123 e. The second-order valence-electron chi connectivity index (χ2n) is 3.89. The Morgan fingerprint density at radius 1 is 1.47 bits per heavy atom. The number of hydrogen-bond donors (Lipinski definition) is 2. The van der Waals surface area contributed by atoms with Crippen molar-refractivity contribution in [3.8, 4) is 0 Å². The molecule has 0 heterocycles. The molecule has 1 unspecified atom stereocenters. The summed E-state index contributed by atoms with van der Waals surface area (Å²) in [5.41, 5.74) is 0.995. The molecule has 0 aliphatic carbocycles. The lowest BCUT2D eigenvalue weighted by molar-refractivity contribution is 0.296. The number of rotatable bonds is 7. The van der Waals surface area contributed by atoms with E-state index in [2.05, 4.69) is 5.32 Å². The Morgan fingerprint density at radius 2 is 2.24 bits per heavy atom. The Hall–Kier alpha value is -0.580. The largest absolute Gasteiger partial charge is 0.396 e. The van der Waals surface area contributed by atoms with Crippen LogP contribution >= 0.6 is 11.8 Å². The van der Waals surface area contributed by atoms with Gasteiger partial charge in [0.2, 0.25) is 0 Å². The van der Waals surface area contributed by atoms with Crippen LogP contribution < -0.4 is 5.32 Å². The minimum Gasteiger partial charge on any atom is -0.396 e. The summed E-state index contributed by atoms with van der Waals surface area (Å²) in [5.74, 6) is 0.657. The van der Waals surface area contributed by atoms with Crippen LogP contribution in [0.15, 0.2) is 23.1 Å². The molecule has 0 saturated carbocycles. The summed E-state index contributed by atoms with van der Waals surface area (Å²) >= 11 is 1.67. The summed E-state index contributed by atoms with van der Waals surface area (Å²) < 4.78 is 13.3. The second-order valence-corrected chi connectivity index (χ2v) is 5.02. The van der Waals surface area contributed by atoms with Crippen molar-refractivity contribution in [2.45, 2.75) is 31.2 Å². The number of benzene rings is 1. The topological polar surface area (TPSA) is 32.3 Å². The van der Waals surface area contributed by atoms with Gasteiger partial charge in [-0.3, -0.25) is 0 Å². The zero-order chi connectivity index (χ0) is 12.7. The Balaban J connectivity index is 2.79. The minimum atomic E-state index is -0.198. The molecular weight excluding hydrogens is 237 g/mol. The van der Waals surface area contributed by atoms with Crippen molar-refractivity contribution in [2.75, 3.05) is 18.9 Å². The second kappa shape index (κ2) is 7.69. The number of aliphatic hydroxyl groups excluding tert-OH is 1. The van der Waals surface area contributed by atoms with Gasteiger partial charge >= 0.3 is 0 Å². The van der Waals surface area contributed by atoms with E-state index < -0.39 is 0 Å². The quantitative estimate of drug-likeness (QED) is 0.582. The molecule has 0 amide bonds. The standard InChI is InChI=1S/C13H20FNOS/c1-3-15-10(2)12-9-11(14)5-6-13(12)17-8-4-7-16/h5-6,9-10,15-16H,3-4,7-8H2,1-2H3. The normalized spacial score (nSPS) is 12.7. The minimum absolute atomic E-state index is 0.146. The Labute approximate surface area is 107 Å². The van der Waals surface area contributed by atoms with Gasteiger partial charge in [-0.2, -0.15) is 0 Å². The van der Waals surface area contributed by atoms with Crippen molar-refractivity contribution in [1.29, 1.82) is 0 Å². The first kappa shape index (κ1) is 14.5. The predicted octanol–water partition coefficient (Wildman–Crippen LogP) is 2.97. The highest BCUT2D eigenvalue weighted by molar-refractivity contribution is 7.99. The summed E-state index contributed by atoms with van der Waals surface area (Å²) in [6.07, 6.45) is 0.761. The molecule has 0 bridgehead atoms. The fourth-order valence-electron chi connectivity index (χ4n) is 1.65. The highest BCUT2D eigenvalue weighted by atomic mass is 32.2. The van der Waals surface area contributed by atoms with E-state index >= 15 is 0 Å². The van der Waals surface area contributed by atoms with E-state index in [-0.39, 0.29) is 18.5 Å². The van der Waals surface area contributed by atoms with Crippen LogP contribution in [-0.2, 0) is 0 Å². The Bertz CT molecular complexity index is 346. The van der Waals surface area contributed by atoms with Crippen LogP contribution in [-0.4, -0.2) is 24.0 Å². The van der Waals surface area contributed by atoms with Gasteiger partial charge in [-0.15, -0.1) is 11.8 Å². The van der Waals surface area contributed by atoms with Crippen LogP contribution in [0.5, 0.6) is 0 Å². The molecule has 0 aliphatic heterocycles. The Morgan fingerprint density at radius 3 is 2.88 bits per heavy atom. The fraction of sp³-hybridized carbons (Fsp3) is 0.538. The van der Waals surface area contributed by atoms with E-state index in [1.165, 1.54) is 6.07 Å². The van der Waals surface area contributed by atoms with Gasteiger partial charge in [0, 0.05) is 23.3 Å². The summed E-state index contributed by atoms with van der Waals surface area (Å²) in [6.45, 7) is 5.13. The number of thioether (sulfide) groups is 1. The highest BCUT2D eigenvalue weighted by Crippen LogP contribution is 2.28. The van der Waals surface area contributed by atoms with Crippen molar-refractivity contribution in [3.05, 3.63) is 29.6 Å². The van der Waals surface area contributed by atoms with E-state index in [9.17, 15) is 4.39 Å². The number of hydrogen-bond acceptors (Lipinski definition) is 3. The van der Waals surface area contributed by atoms with Gasteiger partial charge in [-0.05, 0) is 43.7 Å². The van der Waals surface area contributed by atoms with Crippen LogP contribution in [0.4, 0.5) is 4.39 Å². The van der Waals surface area contributed by atoms with E-state index in [0.717, 1.165) is 29.2 Å². The number of halogens is 1. The molecule has 96 valence electrons. The van der Waals surface area contributed by atoms with E-state index in [0.29, 0.717) is 0 Å². The third-order valence-corrected chi connectivity index (χ3v) is 3.68. The Kier molecular flexibility index (Phi) is 6.55. The van der Waals surface area contributed by atoms with Gasteiger partial charge in [0.05, 0.1) is 0 Å². The molecule has 0 aromatic heterocycles. The molecule has 0 fully saturated rings. The lowest BCUT2D eigenvalue weighted by atomic mass is 10.1. The van der Waals surface area contributed by atoms with Gasteiger partial charge in [0.25, 0.3) is 0 Å². The molecule has 2 N–H and O–H groups in total. The first-order valence-corrected chi connectivity index (χ1v) is 6.94. The summed E-state index contributed by atoms with van der Waals surface area (Å²) in [4.78, 5) is 1.09. The van der Waals surface area contributed by atoms with Crippen molar-refractivity contribution < 1.29 is 9.50 Å². The van der Waals surface area contributed by atoms with Gasteiger partial charge in [-0.25, -0.2) is 4.39 Å². The first-order valence-electron chi connectivity index (χ1n) is 5.95. The van der Waals surface area contributed by atoms with Gasteiger partial charge in [0.1, 0.15) is 5.82 Å². The van der Waals surface area contributed by atoms with Crippen molar-refractivity contribution >= 4 is 11.8 Å². The summed E-state index contributed by atoms with van der Waals surface area (Å²) in [5, 5.41) is 12.1. The molecule has 17 heavy (non-hydrogen) atoms. The fourth-order valence-corrected chi connectivity index (χ4v) is 2.71. The molecule has 1 atom stereocenters. The average Bonchev–Trinajstić information content (AvgIpc) is 2.31. The molecule has 1 aromatic rings.